The van der Waals surface area contributed by atoms with Crippen molar-refractivity contribution in [2.45, 2.75) is 0 Å². The molecule has 0 atom stereocenters. The number of fused-ring (bicyclic) bond motifs is 3. The maximum Gasteiger partial charge on any atom is 0.119 e. The molecule has 9 rings (SSSR count). The Morgan fingerprint density at radius 2 is 0.525 bits per heavy atom. The molecule has 0 aliphatic heterocycles. The van der Waals surface area contributed by atoms with Crippen LogP contribution in [0.1, 0.15) is 0 Å². The number of H-pyrrole nitrogens is 1. The number of benzene rings is 8. The van der Waals surface area contributed by atoms with Gasteiger partial charge in [-0.2, -0.15) is 0 Å². The van der Waals surface area contributed by atoms with E-state index in [2.05, 4.69) is 148 Å². The van der Waals surface area contributed by atoms with E-state index in [1.165, 1.54) is 10.8 Å². The van der Waals surface area contributed by atoms with Gasteiger partial charge in [-0.15, -0.1) is 0 Å². The number of nitrogens with zero attached hydrogens (tertiary/aromatic N) is 2. The number of aromatic nitrogens is 1. The first kappa shape index (κ1) is 37.0. The molecule has 1 aromatic heterocycles. The van der Waals surface area contributed by atoms with Crippen molar-refractivity contribution >= 4 is 55.9 Å². The van der Waals surface area contributed by atoms with Crippen LogP contribution in [0.25, 0.3) is 44.1 Å². The van der Waals surface area contributed by atoms with Gasteiger partial charge in [-0.25, -0.2) is 0 Å². The number of nitrogens with one attached hydrogen (secondary N) is 1. The Kier molecular flexibility index (Phi) is 10.1. The van der Waals surface area contributed by atoms with Gasteiger partial charge in [-0.05, 0) is 156 Å². The van der Waals surface area contributed by atoms with Gasteiger partial charge in [-0.3, -0.25) is 0 Å². The molecule has 0 aliphatic carbocycles. The molecule has 7 nitrogen and oxygen atoms in total. The van der Waals surface area contributed by atoms with Crippen molar-refractivity contribution in [2.75, 3.05) is 38.2 Å². The van der Waals surface area contributed by atoms with Crippen molar-refractivity contribution in [1.29, 1.82) is 0 Å². The van der Waals surface area contributed by atoms with Gasteiger partial charge in [0.05, 0.1) is 28.4 Å². The third-order valence-corrected chi connectivity index (χ3v) is 10.8. The number of hydrogen-bond acceptors (Lipinski definition) is 6. The molecule has 0 aliphatic rings. The fraction of sp³-hybridized carbons (Fsp3) is 0.0769. The number of hydrogen-bond donors (Lipinski definition) is 1. The van der Waals surface area contributed by atoms with E-state index in [1.54, 1.807) is 28.4 Å². The second-order valence-electron chi connectivity index (χ2n) is 14.2. The molecule has 8 aromatic carbocycles. The largest absolute Gasteiger partial charge is 0.497 e. The van der Waals surface area contributed by atoms with Gasteiger partial charge in [0.25, 0.3) is 0 Å². The SMILES string of the molecule is COc1ccc(N(c2ccc(OC)cc2)c2ccc(-c3ccc4c(c3)[nH]c3cc(-c5ccc(N(c6ccc(OC)cc6)c6ccc(OC)cc6)cc5)ccc34)cc2)cc1. The molecule has 0 bridgehead atoms. The van der Waals surface area contributed by atoms with E-state index >= 15 is 0 Å². The summed E-state index contributed by atoms with van der Waals surface area (Å²) in [6.07, 6.45) is 0. The van der Waals surface area contributed by atoms with Gasteiger partial charge in [0.1, 0.15) is 23.0 Å². The van der Waals surface area contributed by atoms with Crippen LogP contribution in [0.4, 0.5) is 34.1 Å². The van der Waals surface area contributed by atoms with Crippen LogP contribution in [0.15, 0.2) is 182 Å². The van der Waals surface area contributed by atoms with E-state index in [0.29, 0.717) is 0 Å². The second-order valence-corrected chi connectivity index (χ2v) is 14.2. The molecule has 9 aromatic rings. The lowest BCUT2D eigenvalue weighted by Crippen LogP contribution is -2.09. The molecule has 7 heteroatoms. The van der Waals surface area contributed by atoms with Crippen molar-refractivity contribution < 1.29 is 18.9 Å². The highest BCUT2D eigenvalue weighted by Crippen LogP contribution is 2.40. The number of rotatable bonds is 12. The second kappa shape index (κ2) is 16.1. The third kappa shape index (κ3) is 7.38. The minimum absolute atomic E-state index is 0.815. The zero-order chi connectivity index (χ0) is 40.3. The Morgan fingerprint density at radius 1 is 0.288 bits per heavy atom. The van der Waals surface area contributed by atoms with Gasteiger partial charge in [0, 0.05) is 55.9 Å². The highest BCUT2D eigenvalue weighted by molar-refractivity contribution is 6.09. The van der Waals surface area contributed by atoms with Crippen molar-refractivity contribution in [3.05, 3.63) is 182 Å². The Hall–Kier alpha value is -7.64. The van der Waals surface area contributed by atoms with Crippen LogP contribution in [0.3, 0.4) is 0 Å². The van der Waals surface area contributed by atoms with Crippen LogP contribution in [0.2, 0.25) is 0 Å². The smallest absolute Gasteiger partial charge is 0.119 e. The lowest BCUT2D eigenvalue weighted by molar-refractivity contribution is 0.414. The Bertz CT molecular complexity index is 2540. The normalized spacial score (nSPS) is 11.1. The summed E-state index contributed by atoms with van der Waals surface area (Å²) in [6, 6.07) is 63.2. The summed E-state index contributed by atoms with van der Waals surface area (Å²) in [6.45, 7) is 0. The molecule has 0 amide bonds. The standard InChI is InChI=1S/C52H43N3O4/c1-56-45-23-15-41(16-24-45)54(42-17-25-46(57-2)26-18-42)39-11-5-35(6-12-39)37-9-31-49-50-32-10-38(34-52(50)53-51(49)33-37)36-7-13-40(14-8-36)55(43-19-27-47(58-3)28-20-43)44-21-29-48(59-4)30-22-44/h5-34,53H,1-4H3. The quantitative estimate of drug-likeness (QED) is 0.133. The van der Waals surface area contributed by atoms with Gasteiger partial charge < -0.3 is 33.7 Å². The van der Waals surface area contributed by atoms with Gasteiger partial charge in [0.15, 0.2) is 0 Å². The molecule has 59 heavy (non-hydrogen) atoms. The lowest BCUT2D eigenvalue weighted by atomic mass is 10.0. The molecule has 0 saturated carbocycles. The summed E-state index contributed by atoms with van der Waals surface area (Å²) >= 11 is 0. The van der Waals surface area contributed by atoms with Crippen LogP contribution in [0, 0.1) is 0 Å². The first-order valence-corrected chi connectivity index (χ1v) is 19.4. The topological polar surface area (TPSA) is 59.2 Å². The van der Waals surface area contributed by atoms with Crippen molar-refractivity contribution in [3.63, 3.8) is 0 Å². The Balaban J connectivity index is 0.992. The zero-order valence-electron chi connectivity index (χ0n) is 33.3. The van der Waals surface area contributed by atoms with Crippen LogP contribution < -0.4 is 28.7 Å². The Morgan fingerprint density at radius 3 is 0.780 bits per heavy atom. The number of anilines is 6. The summed E-state index contributed by atoms with van der Waals surface area (Å²) in [5.41, 5.74) is 13.0. The zero-order valence-corrected chi connectivity index (χ0v) is 33.3. The van der Waals surface area contributed by atoms with E-state index < -0.39 is 0 Å². The van der Waals surface area contributed by atoms with Gasteiger partial charge >= 0.3 is 0 Å². The van der Waals surface area contributed by atoms with Crippen molar-refractivity contribution in [2.24, 2.45) is 0 Å². The average molecular weight is 774 g/mol. The molecule has 290 valence electrons. The van der Waals surface area contributed by atoms with Crippen LogP contribution in [-0.4, -0.2) is 33.4 Å². The minimum atomic E-state index is 0.815. The first-order chi connectivity index (χ1) is 29.0. The minimum Gasteiger partial charge on any atom is -0.497 e. The highest BCUT2D eigenvalue weighted by atomic mass is 16.5. The average Bonchev–Trinajstić information content (AvgIpc) is 3.68. The highest BCUT2D eigenvalue weighted by Gasteiger charge is 2.16. The fourth-order valence-corrected chi connectivity index (χ4v) is 7.69. The fourth-order valence-electron chi connectivity index (χ4n) is 7.69. The molecule has 0 radical (unpaired) electrons. The predicted molar refractivity (Wildman–Crippen MR) is 242 cm³/mol. The molecule has 1 N–H and O–H groups in total. The van der Waals surface area contributed by atoms with E-state index in [1.807, 2.05) is 48.5 Å². The number of aromatic amines is 1. The molecule has 0 fully saturated rings. The summed E-state index contributed by atoms with van der Waals surface area (Å²) < 4.78 is 21.7. The number of methoxy groups -OCH3 is 4. The monoisotopic (exact) mass is 773 g/mol. The molecular formula is C52H43N3O4. The molecular weight excluding hydrogens is 731 g/mol. The Labute approximate surface area is 344 Å². The summed E-state index contributed by atoms with van der Waals surface area (Å²) in [4.78, 5) is 8.18. The summed E-state index contributed by atoms with van der Waals surface area (Å²) in [7, 11) is 6.73. The van der Waals surface area contributed by atoms with E-state index in [4.69, 9.17) is 18.9 Å². The van der Waals surface area contributed by atoms with Gasteiger partial charge in [0.2, 0.25) is 0 Å². The summed E-state index contributed by atoms with van der Waals surface area (Å²) in [5, 5.41) is 2.39. The maximum absolute atomic E-state index is 5.43. The van der Waals surface area contributed by atoms with Crippen molar-refractivity contribution in [1.82, 2.24) is 4.98 Å². The lowest BCUT2D eigenvalue weighted by Gasteiger charge is -2.26. The molecule has 0 saturated heterocycles. The summed E-state index contributed by atoms with van der Waals surface area (Å²) in [5.74, 6) is 3.26. The van der Waals surface area contributed by atoms with E-state index in [9.17, 15) is 0 Å². The van der Waals surface area contributed by atoms with E-state index in [-0.39, 0.29) is 0 Å². The van der Waals surface area contributed by atoms with Crippen LogP contribution in [-0.2, 0) is 0 Å². The van der Waals surface area contributed by atoms with E-state index in [0.717, 1.165) is 90.4 Å². The molecule has 0 spiro atoms. The molecule has 1 heterocycles. The third-order valence-electron chi connectivity index (χ3n) is 10.8. The van der Waals surface area contributed by atoms with Crippen LogP contribution in [0.5, 0.6) is 23.0 Å². The van der Waals surface area contributed by atoms with Crippen LogP contribution >= 0.6 is 0 Å². The maximum atomic E-state index is 5.43. The number of ether oxygens (including phenoxy) is 4. The first-order valence-electron chi connectivity index (χ1n) is 19.4. The molecule has 0 unspecified atom stereocenters. The predicted octanol–water partition coefficient (Wildman–Crippen LogP) is 13.6. The van der Waals surface area contributed by atoms with Gasteiger partial charge in [-0.1, -0.05) is 48.5 Å². The van der Waals surface area contributed by atoms with Crippen molar-refractivity contribution in [3.8, 4) is 45.3 Å².